The first-order chi connectivity index (χ1) is 13.1. The molecule has 1 atom stereocenters. The molecule has 1 nitrogen and oxygen atoms in total. The summed E-state index contributed by atoms with van der Waals surface area (Å²) in [6.45, 7) is 3.43. The van der Waals surface area contributed by atoms with E-state index in [1.807, 2.05) is 0 Å². The van der Waals surface area contributed by atoms with Gasteiger partial charge in [-0.05, 0) is 81.5 Å². The molecule has 1 unspecified atom stereocenters. The molecule has 0 bridgehead atoms. The quantitative estimate of drug-likeness (QED) is 0.538. The van der Waals surface area contributed by atoms with Gasteiger partial charge in [-0.25, -0.2) is 4.39 Å². The minimum Gasteiger partial charge on any atom is -0.303 e. The summed E-state index contributed by atoms with van der Waals surface area (Å²) in [6, 6.07) is 20.4. The molecule has 0 aromatic heterocycles. The standard InChI is InChI=1S/C25H34FN/c1-20(27(2)19-18-21-6-4-3-5-7-21)8-9-22-10-12-23(13-11-22)24-14-16-25(26)17-15-24/h3-7,10-13,20,24-25H,8-9,14-19H2,1-2H3. The van der Waals surface area contributed by atoms with Crippen LogP contribution in [0.3, 0.4) is 0 Å². The van der Waals surface area contributed by atoms with Crippen molar-refractivity contribution in [3.05, 3.63) is 71.3 Å². The lowest BCUT2D eigenvalue weighted by molar-refractivity contribution is 0.235. The van der Waals surface area contributed by atoms with Crippen LogP contribution < -0.4 is 0 Å². The monoisotopic (exact) mass is 367 g/mol. The van der Waals surface area contributed by atoms with E-state index in [2.05, 4.69) is 73.5 Å². The molecule has 1 aliphatic rings. The highest BCUT2D eigenvalue weighted by Gasteiger charge is 2.21. The lowest BCUT2D eigenvalue weighted by Gasteiger charge is -2.25. The molecule has 2 aromatic carbocycles. The van der Waals surface area contributed by atoms with E-state index in [1.165, 1.54) is 23.1 Å². The van der Waals surface area contributed by atoms with Crippen LogP contribution in [0, 0.1) is 0 Å². The molecule has 0 spiro atoms. The summed E-state index contributed by atoms with van der Waals surface area (Å²) < 4.78 is 13.3. The number of alkyl halides is 1. The number of benzene rings is 2. The molecule has 146 valence electrons. The second-order valence-electron chi connectivity index (χ2n) is 8.29. The van der Waals surface area contributed by atoms with Crippen LogP contribution in [0.25, 0.3) is 0 Å². The largest absolute Gasteiger partial charge is 0.303 e. The van der Waals surface area contributed by atoms with Crippen molar-refractivity contribution >= 4 is 0 Å². The van der Waals surface area contributed by atoms with Gasteiger partial charge in [-0.1, -0.05) is 54.6 Å². The average molecular weight is 368 g/mol. The first-order valence-corrected chi connectivity index (χ1v) is 10.6. The molecule has 0 amide bonds. The summed E-state index contributed by atoms with van der Waals surface area (Å²) in [7, 11) is 2.23. The highest BCUT2D eigenvalue weighted by atomic mass is 19.1. The number of likely N-dealkylation sites (N-methyl/N-ethyl adjacent to an activating group) is 1. The Hall–Kier alpha value is -1.67. The number of halogens is 1. The van der Waals surface area contributed by atoms with Crippen LogP contribution in [-0.4, -0.2) is 30.7 Å². The first-order valence-electron chi connectivity index (χ1n) is 10.6. The third kappa shape index (κ3) is 6.17. The van der Waals surface area contributed by atoms with Crippen molar-refractivity contribution in [3.8, 4) is 0 Å². The molecule has 1 saturated carbocycles. The van der Waals surface area contributed by atoms with Gasteiger partial charge < -0.3 is 4.90 Å². The maximum absolute atomic E-state index is 13.3. The summed E-state index contributed by atoms with van der Waals surface area (Å²) in [5.41, 5.74) is 4.23. The Balaban J connectivity index is 1.42. The fourth-order valence-electron chi connectivity index (χ4n) is 4.11. The fourth-order valence-corrected chi connectivity index (χ4v) is 4.11. The molecule has 0 radical (unpaired) electrons. The smallest absolute Gasteiger partial charge is 0.100 e. The van der Waals surface area contributed by atoms with Gasteiger partial charge in [0.25, 0.3) is 0 Å². The number of hydrogen-bond donors (Lipinski definition) is 0. The average Bonchev–Trinajstić information content (AvgIpc) is 2.72. The van der Waals surface area contributed by atoms with Crippen LogP contribution in [-0.2, 0) is 12.8 Å². The predicted molar refractivity (Wildman–Crippen MR) is 113 cm³/mol. The lowest BCUT2D eigenvalue weighted by atomic mass is 9.83. The minimum absolute atomic E-state index is 0.564. The van der Waals surface area contributed by atoms with Crippen LogP contribution in [0.5, 0.6) is 0 Å². The molecular formula is C25H34FN. The van der Waals surface area contributed by atoms with Gasteiger partial charge in [0, 0.05) is 12.6 Å². The molecule has 0 N–H and O–H groups in total. The molecular weight excluding hydrogens is 333 g/mol. The third-order valence-corrected chi connectivity index (χ3v) is 6.31. The Morgan fingerprint density at radius 3 is 2.19 bits per heavy atom. The molecule has 1 aliphatic carbocycles. The zero-order valence-electron chi connectivity index (χ0n) is 16.9. The molecule has 0 saturated heterocycles. The van der Waals surface area contributed by atoms with Gasteiger partial charge in [0.1, 0.15) is 6.17 Å². The van der Waals surface area contributed by atoms with Crippen molar-refractivity contribution in [2.24, 2.45) is 0 Å². The van der Waals surface area contributed by atoms with E-state index in [-0.39, 0.29) is 0 Å². The van der Waals surface area contributed by atoms with Gasteiger partial charge in [0.15, 0.2) is 0 Å². The number of hydrogen-bond acceptors (Lipinski definition) is 1. The van der Waals surface area contributed by atoms with Crippen LogP contribution in [0.2, 0.25) is 0 Å². The van der Waals surface area contributed by atoms with Gasteiger partial charge in [-0.2, -0.15) is 0 Å². The summed E-state index contributed by atoms with van der Waals surface area (Å²) in [5, 5.41) is 0. The molecule has 0 aliphatic heterocycles. The second kappa shape index (κ2) is 10.0. The van der Waals surface area contributed by atoms with Gasteiger partial charge in [-0.3, -0.25) is 0 Å². The van der Waals surface area contributed by atoms with E-state index in [9.17, 15) is 4.39 Å². The highest BCUT2D eigenvalue weighted by molar-refractivity contribution is 5.26. The third-order valence-electron chi connectivity index (χ3n) is 6.31. The van der Waals surface area contributed by atoms with Crippen molar-refractivity contribution in [1.29, 1.82) is 0 Å². The van der Waals surface area contributed by atoms with Crippen molar-refractivity contribution < 1.29 is 4.39 Å². The zero-order valence-corrected chi connectivity index (χ0v) is 16.9. The molecule has 27 heavy (non-hydrogen) atoms. The Morgan fingerprint density at radius 2 is 1.52 bits per heavy atom. The molecule has 1 fully saturated rings. The van der Waals surface area contributed by atoms with E-state index in [0.29, 0.717) is 12.0 Å². The van der Waals surface area contributed by atoms with Gasteiger partial charge in [0.05, 0.1) is 0 Å². The summed E-state index contributed by atoms with van der Waals surface area (Å²) in [5.74, 6) is 0.564. The van der Waals surface area contributed by atoms with Gasteiger partial charge in [-0.15, -0.1) is 0 Å². The SMILES string of the molecule is CC(CCc1ccc(C2CCC(F)CC2)cc1)N(C)CCc1ccccc1. The summed E-state index contributed by atoms with van der Waals surface area (Å²) in [6.07, 6.45) is 6.32. The van der Waals surface area contributed by atoms with Crippen molar-refractivity contribution in [2.75, 3.05) is 13.6 Å². The van der Waals surface area contributed by atoms with Crippen LogP contribution in [0.1, 0.15) is 61.6 Å². The Labute approximate surface area is 164 Å². The normalized spacial score (nSPS) is 21.3. The molecule has 2 heteroatoms. The molecule has 0 heterocycles. The first kappa shape index (κ1) is 20.1. The van der Waals surface area contributed by atoms with E-state index >= 15 is 0 Å². The minimum atomic E-state index is -0.569. The van der Waals surface area contributed by atoms with Crippen LogP contribution in [0.4, 0.5) is 4.39 Å². The Bertz CT molecular complexity index is 658. The van der Waals surface area contributed by atoms with E-state index in [4.69, 9.17) is 0 Å². The zero-order chi connectivity index (χ0) is 19.1. The maximum atomic E-state index is 13.3. The number of nitrogens with zero attached hydrogens (tertiary/aromatic N) is 1. The summed E-state index contributed by atoms with van der Waals surface area (Å²) >= 11 is 0. The van der Waals surface area contributed by atoms with E-state index < -0.39 is 6.17 Å². The molecule has 3 rings (SSSR count). The second-order valence-corrected chi connectivity index (χ2v) is 8.29. The maximum Gasteiger partial charge on any atom is 0.100 e. The van der Waals surface area contributed by atoms with Crippen LogP contribution in [0.15, 0.2) is 54.6 Å². The van der Waals surface area contributed by atoms with E-state index in [0.717, 1.165) is 45.1 Å². The number of aryl methyl sites for hydroxylation is 1. The molecule has 2 aromatic rings. The predicted octanol–water partition coefficient (Wildman–Crippen LogP) is 6.18. The van der Waals surface area contributed by atoms with Crippen molar-refractivity contribution in [2.45, 2.75) is 70.0 Å². The van der Waals surface area contributed by atoms with Crippen LogP contribution >= 0.6 is 0 Å². The fraction of sp³-hybridized carbons (Fsp3) is 0.520. The topological polar surface area (TPSA) is 3.24 Å². The number of rotatable bonds is 8. The van der Waals surface area contributed by atoms with Crippen molar-refractivity contribution in [1.82, 2.24) is 4.90 Å². The highest BCUT2D eigenvalue weighted by Crippen LogP contribution is 2.34. The van der Waals surface area contributed by atoms with E-state index in [1.54, 1.807) is 0 Å². The Morgan fingerprint density at radius 1 is 0.889 bits per heavy atom. The lowest BCUT2D eigenvalue weighted by Crippen LogP contribution is -2.31. The Kier molecular flexibility index (Phi) is 7.46. The summed E-state index contributed by atoms with van der Waals surface area (Å²) in [4.78, 5) is 2.47. The van der Waals surface area contributed by atoms with Gasteiger partial charge in [0.2, 0.25) is 0 Å². The van der Waals surface area contributed by atoms with Gasteiger partial charge >= 0.3 is 0 Å². The van der Waals surface area contributed by atoms with Crippen molar-refractivity contribution in [3.63, 3.8) is 0 Å².